The van der Waals surface area contributed by atoms with Crippen LogP contribution < -0.4 is 0 Å². The van der Waals surface area contributed by atoms with Gasteiger partial charge in [-0.2, -0.15) is 26.3 Å². The van der Waals surface area contributed by atoms with Gasteiger partial charge in [-0.3, -0.25) is 0 Å². The van der Waals surface area contributed by atoms with Crippen LogP contribution in [0.3, 0.4) is 0 Å². The second-order valence-electron chi connectivity index (χ2n) is 5.62. The monoisotopic (exact) mass is 744 g/mol. The first kappa shape index (κ1) is 33.7. The molecule has 0 N–H and O–H groups in total. The Hall–Kier alpha value is 0.740. The molecule has 2 rings (SSSR count). The van der Waals surface area contributed by atoms with Gasteiger partial charge in [0.05, 0.1) is 16.1 Å². The second kappa shape index (κ2) is 17.2. The molecule has 0 aliphatic heterocycles. The summed E-state index contributed by atoms with van der Waals surface area (Å²) in [5, 5.41) is 2.29. The molecule has 0 bridgehead atoms. The molecule has 0 spiro atoms. The van der Waals surface area contributed by atoms with E-state index in [1.165, 1.54) is 30.0 Å². The van der Waals surface area contributed by atoms with Crippen LogP contribution in [-0.4, -0.2) is 27.5 Å². The maximum absolute atomic E-state index is 12.6. The van der Waals surface area contributed by atoms with Crippen molar-refractivity contribution in [2.45, 2.75) is 29.1 Å². The number of hydrogen-bond donors (Lipinski definition) is 0. The van der Waals surface area contributed by atoms with Crippen molar-refractivity contribution in [3.63, 3.8) is 0 Å². The van der Waals surface area contributed by atoms with E-state index in [1.807, 2.05) is 6.92 Å². The average molecular weight is 748 g/mol. The first-order valence-corrected chi connectivity index (χ1v) is 15.1. The molecule has 0 radical (unpaired) electrons. The third kappa shape index (κ3) is 14.2. The molecule has 2 aromatic carbocycles. The Labute approximate surface area is 233 Å². The minimum Gasteiger partial charge on any atom is -0.166 e. The van der Waals surface area contributed by atoms with E-state index < -0.39 is 23.5 Å². The fraction of sp³-hybridized carbons (Fsp3) is 0.400. The molecule has 33 heavy (non-hydrogen) atoms. The molecule has 188 valence electrons. The summed E-state index contributed by atoms with van der Waals surface area (Å²) in [5.41, 5.74) is -1.44. The van der Waals surface area contributed by atoms with Gasteiger partial charge in [0, 0.05) is 42.3 Å². The van der Waals surface area contributed by atoms with Crippen LogP contribution in [0.2, 0.25) is 10.0 Å². The number of alkyl halides is 9. The highest BCUT2D eigenvalue weighted by molar-refractivity contribution is 9.09. The maximum Gasteiger partial charge on any atom is 0.417 e. The normalized spacial score (nSPS) is 11.3. The lowest BCUT2D eigenvalue weighted by atomic mass is 10.2. The molecule has 0 aliphatic carbocycles. The molecular weight excluding hydrogens is 729 g/mol. The van der Waals surface area contributed by atoms with Gasteiger partial charge < -0.3 is 0 Å². The molecule has 0 heterocycles. The first-order chi connectivity index (χ1) is 15.3. The summed E-state index contributed by atoms with van der Waals surface area (Å²) < 4.78 is 75.1. The van der Waals surface area contributed by atoms with Crippen LogP contribution >= 0.6 is 94.5 Å². The highest BCUT2D eigenvalue weighted by Crippen LogP contribution is 2.38. The molecule has 0 saturated carbocycles. The average Bonchev–Trinajstić information content (AvgIpc) is 2.72. The predicted molar refractivity (Wildman–Crippen MR) is 141 cm³/mol. The van der Waals surface area contributed by atoms with E-state index in [0.29, 0.717) is 16.0 Å². The zero-order valence-corrected chi connectivity index (χ0v) is 24.9. The smallest absolute Gasteiger partial charge is 0.166 e. The number of thioether (sulfide) groups is 2. The Balaban J connectivity index is 0.000000555. The van der Waals surface area contributed by atoms with Crippen molar-refractivity contribution in [3.05, 3.63) is 57.6 Å². The first-order valence-electron chi connectivity index (χ1n) is 8.98. The van der Waals surface area contributed by atoms with Gasteiger partial charge >= 0.3 is 12.4 Å². The summed E-state index contributed by atoms with van der Waals surface area (Å²) in [6.45, 7) is 2.04. The van der Waals surface area contributed by atoms with Crippen LogP contribution in [0.4, 0.5) is 26.3 Å². The van der Waals surface area contributed by atoms with Crippen LogP contribution in [0, 0.1) is 0 Å². The van der Waals surface area contributed by atoms with E-state index in [9.17, 15) is 26.3 Å². The Morgan fingerprint density at radius 2 is 1.27 bits per heavy atom. The fourth-order valence-corrected chi connectivity index (χ4v) is 4.80. The van der Waals surface area contributed by atoms with Crippen molar-refractivity contribution in [3.8, 4) is 0 Å². The molecule has 0 unspecified atom stereocenters. The van der Waals surface area contributed by atoms with Crippen molar-refractivity contribution in [1.29, 1.82) is 0 Å². The number of rotatable bonds is 6. The predicted octanol–water partition coefficient (Wildman–Crippen LogP) is 11.1. The Morgan fingerprint density at radius 3 is 1.76 bits per heavy atom. The maximum atomic E-state index is 12.6. The van der Waals surface area contributed by atoms with Gasteiger partial charge in [0.15, 0.2) is 0 Å². The molecule has 13 heteroatoms. The van der Waals surface area contributed by atoms with Gasteiger partial charge in [-0.1, -0.05) is 77.9 Å². The van der Waals surface area contributed by atoms with Crippen molar-refractivity contribution in [2.75, 3.05) is 27.5 Å². The van der Waals surface area contributed by atoms with Crippen LogP contribution in [0.25, 0.3) is 0 Å². The van der Waals surface area contributed by atoms with E-state index in [-0.39, 0.29) is 14.9 Å². The van der Waals surface area contributed by atoms with Crippen LogP contribution in [0.1, 0.15) is 18.1 Å². The fourth-order valence-electron chi connectivity index (χ4n) is 1.97. The van der Waals surface area contributed by atoms with Crippen molar-refractivity contribution in [1.82, 2.24) is 0 Å². The topological polar surface area (TPSA) is 0 Å². The minimum absolute atomic E-state index is 0.102. The van der Waals surface area contributed by atoms with Crippen LogP contribution in [0.15, 0.2) is 46.2 Å². The van der Waals surface area contributed by atoms with Crippen LogP contribution in [0.5, 0.6) is 0 Å². The van der Waals surface area contributed by atoms with E-state index in [4.69, 9.17) is 23.2 Å². The lowest BCUT2D eigenvalue weighted by molar-refractivity contribution is -0.140. The second-order valence-corrected chi connectivity index (χ2v) is 11.5. The van der Waals surface area contributed by atoms with Gasteiger partial charge in [0.2, 0.25) is 0 Å². The van der Waals surface area contributed by atoms with E-state index in [2.05, 4.69) is 47.8 Å². The molecule has 0 fully saturated rings. The van der Waals surface area contributed by atoms with E-state index >= 15 is 0 Å². The summed E-state index contributed by atoms with van der Waals surface area (Å²) in [6, 6.07) is 7.77. The third-order valence-corrected chi connectivity index (χ3v) is 7.65. The number of hydrogen-bond acceptors (Lipinski definition) is 2. The van der Waals surface area contributed by atoms with E-state index in [0.717, 1.165) is 40.3 Å². The summed E-state index contributed by atoms with van der Waals surface area (Å²) in [7, 11) is 0. The van der Waals surface area contributed by atoms with Gasteiger partial charge in [0.1, 0.15) is 0 Å². The highest BCUT2D eigenvalue weighted by atomic mass is 79.9. The van der Waals surface area contributed by atoms with E-state index in [1.54, 1.807) is 6.07 Å². The summed E-state index contributed by atoms with van der Waals surface area (Å²) in [5.74, 6) is 1.31. The van der Waals surface area contributed by atoms with Crippen molar-refractivity contribution < 1.29 is 26.3 Å². The Bertz CT molecular complexity index is 836. The molecule has 0 atom stereocenters. The molecule has 2 aromatic rings. The largest absolute Gasteiger partial charge is 0.417 e. The zero-order valence-electron chi connectivity index (χ0n) is 17.0. The molecule has 0 aliphatic rings. The SMILES string of the molecule is CCBr.FC(F)(F)c1cc(Cl)ccc1SCCBr.FC(F)(F)c1cc(SCCBr)ccc1Cl. The lowest BCUT2D eigenvalue weighted by Gasteiger charge is -2.12. The highest BCUT2D eigenvalue weighted by Gasteiger charge is 2.34. The van der Waals surface area contributed by atoms with Crippen molar-refractivity contribution >= 4 is 94.5 Å². The zero-order chi connectivity index (χ0) is 25.7. The quantitative estimate of drug-likeness (QED) is 0.164. The van der Waals surface area contributed by atoms with Gasteiger partial charge in [-0.05, 0) is 36.4 Å². The lowest BCUT2D eigenvalue weighted by Crippen LogP contribution is -2.07. The Morgan fingerprint density at radius 1 is 0.758 bits per heavy atom. The third-order valence-electron chi connectivity index (χ3n) is 3.17. The summed E-state index contributed by atoms with van der Waals surface area (Å²) >= 11 is 23.0. The van der Waals surface area contributed by atoms with Gasteiger partial charge in [-0.15, -0.1) is 23.5 Å². The molecule has 0 saturated heterocycles. The molecule has 0 aromatic heterocycles. The van der Waals surface area contributed by atoms with Gasteiger partial charge in [-0.25, -0.2) is 0 Å². The minimum atomic E-state index is -4.39. The van der Waals surface area contributed by atoms with Crippen LogP contribution in [-0.2, 0) is 12.4 Å². The summed E-state index contributed by atoms with van der Waals surface area (Å²) in [6.07, 6.45) is -8.73. The summed E-state index contributed by atoms with van der Waals surface area (Å²) in [4.78, 5) is 0.789. The molecular formula is C20H19Br3Cl2F6S2. The Kier molecular flexibility index (Phi) is 17.6. The number of halogens is 11. The molecule has 0 nitrogen and oxygen atoms in total. The molecule has 0 amide bonds. The number of benzene rings is 2. The van der Waals surface area contributed by atoms with Gasteiger partial charge in [0.25, 0.3) is 0 Å². The standard InChI is InChI=1S/2C9H7BrClF3S.C2H5Br/c10-3-4-15-6-1-2-8(11)7(5-6)9(12,13)14;10-3-4-15-8-2-1-6(11)5-7(8)9(12,13)14;1-2-3/h2*1-2,5H,3-4H2;2H2,1H3. The van der Waals surface area contributed by atoms with Crippen molar-refractivity contribution in [2.24, 2.45) is 0 Å².